The van der Waals surface area contributed by atoms with Crippen LogP contribution in [-0.2, 0) is 14.4 Å². The number of carboxylic acids is 1. The van der Waals surface area contributed by atoms with E-state index < -0.39 is 5.97 Å². The lowest BCUT2D eigenvalue weighted by atomic mass is 9.98. The number of piperidine rings is 1. The highest BCUT2D eigenvalue weighted by molar-refractivity contribution is 5.98. The Morgan fingerprint density at radius 1 is 1.23 bits per heavy atom. The normalized spacial score (nSPS) is 21.4. The number of carbonyl (C=O) groups is 3. The maximum atomic E-state index is 11.8. The molecule has 0 bridgehead atoms. The minimum absolute atomic E-state index is 0.0847. The summed E-state index contributed by atoms with van der Waals surface area (Å²) in [6.07, 6.45) is 0.960. The smallest absolute Gasteiger partial charge is 0.317 e. The van der Waals surface area contributed by atoms with Crippen molar-refractivity contribution in [3.8, 4) is 0 Å². The van der Waals surface area contributed by atoms with Crippen LogP contribution in [0, 0.1) is 5.92 Å². The maximum absolute atomic E-state index is 11.8. The van der Waals surface area contributed by atoms with Crippen LogP contribution in [0.5, 0.6) is 0 Å². The van der Waals surface area contributed by atoms with Crippen LogP contribution in [0.15, 0.2) is 24.3 Å². The zero-order valence-electron chi connectivity index (χ0n) is 14.6. The number of rotatable bonds is 6. The van der Waals surface area contributed by atoms with Crippen LogP contribution in [0.1, 0.15) is 12.8 Å². The van der Waals surface area contributed by atoms with Gasteiger partial charge in [-0.25, -0.2) is 0 Å². The van der Waals surface area contributed by atoms with Gasteiger partial charge < -0.3 is 15.3 Å². The van der Waals surface area contributed by atoms with Crippen molar-refractivity contribution in [2.24, 2.45) is 5.92 Å². The maximum Gasteiger partial charge on any atom is 0.317 e. The molecule has 0 radical (unpaired) electrons. The Morgan fingerprint density at radius 2 is 2.00 bits per heavy atom. The first-order valence-electron chi connectivity index (χ1n) is 8.88. The van der Waals surface area contributed by atoms with Gasteiger partial charge in [0, 0.05) is 50.5 Å². The van der Waals surface area contributed by atoms with Gasteiger partial charge >= 0.3 is 5.97 Å². The van der Waals surface area contributed by atoms with Gasteiger partial charge in [-0.05, 0) is 24.6 Å². The molecule has 2 amide bonds. The van der Waals surface area contributed by atoms with Crippen molar-refractivity contribution in [1.29, 1.82) is 0 Å². The summed E-state index contributed by atoms with van der Waals surface area (Å²) < 4.78 is 0. The van der Waals surface area contributed by atoms with E-state index in [1.165, 1.54) is 0 Å². The third-order valence-corrected chi connectivity index (χ3v) is 4.85. The summed E-state index contributed by atoms with van der Waals surface area (Å²) in [7, 11) is 0. The predicted molar refractivity (Wildman–Crippen MR) is 97.1 cm³/mol. The van der Waals surface area contributed by atoms with Gasteiger partial charge in [-0.1, -0.05) is 6.07 Å². The molecule has 3 N–H and O–H groups in total. The Bertz CT molecular complexity index is 686. The topological polar surface area (TPSA) is 102 Å². The molecule has 3 rings (SSSR count). The first-order chi connectivity index (χ1) is 12.5. The second-order valence-corrected chi connectivity index (χ2v) is 6.74. The number of anilines is 2. The molecular weight excluding hydrogens is 336 g/mol. The van der Waals surface area contributed by atoms with Crippen molar-refractivity contribution in [1.82, 2.24) is 10.2 Å². The van der Waals surface area contributed by atoms with Gasteiger partial charge in [0.15, 0.2) is 0 Å². The quantitative estimate of drug-likeness (QED) is 0.630. The second-order valence-electron chi connectivity index (χ2n) is 6.74. The molecule has 0 saturated carbocycles. The number of benzene rings is 1. The molecule has 0 spiro atoms. The lowest BCUT2D eigenvalue weighted by Gasteiger charge is -2.35. The summed E-state index contributed by atoms with van der Waals surface area (Å²) in [5.74, 6) is -1.40. The predicted octanol–water partition coefficient (Wildman–Crippen LogP) is 0.358. The number of carboxylic acid groups (broad SMARTS) is 1. The van der Waals surface area contributed by atoms with Crippen LogP contribution >= 0.6 is 0 Å². The molecule has 2 fully saturated rings. The molecule has 1 aromatic rings. The van der Waals surface area contributed by atoms with Gasteiger partial charge in [-0.15, -0.1) is 0 Å². The van der Waals surface area contributed by atoms with Crippen molar-refractivity contribution in [3.05, 3.63) is 24.3 Å². The van der Waals surface area contributed by atoms with E-state index in [1.54, 1.807) is 0 Å². The van der Waals surface area contributed by atoms with Crippen LogP contribution in [0.25, 0.3) is 0 Å². The van der Waals surface area contributed by atoms with E-state index in [0.717, 1.165) is 37.6 Å². The lowest BCUT2D eigenvalue weighted by molar-refractivity contribution is -0.138. The van der Waals surface area contributed by atoms with Crippen molar-refractivity contribution in [2.75, 3.05) is 49.5 Å². The monoisotopic (exact) mass is 360 g/mol. The summed E-state index contributed by atoms with van der Waals surface area (Å²) in [5.41, 5.74) is 2.01. The third-order valence-electron chi connectivity index (χ3n) is 4.85. The van der Waals surface area contributed by atoms with E-state index in [1.807, 2.05) is 29.2 Å². The van der Waals surface area contributed by atoms with Gasteiger partial charge in [0.2, 0.25) is 11.8 Å². The molecule has 1 unspecified atom stereocenters. The average molecular weight is 360 g/mol. The van der Waals surface area contributed by atoms with Crippen molar-refractivity contribution >= 4 is 29.2 Å². The van der Waals surface area contributed by atoms with E-state index in [-0.39, 0.29) is 24.3 Å². The molecule has 2 aliphatic rings. The number of imide groups is 1. The fraction of sp³-hybridized carbons (Fsp3) is 0.500. The largest absolute Gasteiger partial charge is 0.480 e. The van der Waals surface area contributed by atoms with Gasteiger partial charge in [0.25, 0.3) is 0 Å². The van der Waals surface area contributed by atoms with E-state index in [9.17, 15) is 14.4 Å². The van der Waals surface area contributed by atoms with E-state index in [4.69, 9.17) is 5.11 Å². The molecule has 1 atom stereocenters. The Hall–Kier alpha value is -2.61. The minimum Gasteiger partial charge on any atom is -0.480 e. The first kappa shape index (κ1) is 18.2. The zero-order chi connectivity index (χ0) is 18.5. The van der Waals surface area contributed by atoms with Crippen molar-refractivity contribution in [2.45, 2.75) is 12.8 Å². The second kappa shape index (κ2) is 8.18. The summed E-state index contributed by atoms with van der Waals surface area (Å²) in [4.78, 5) is 38.0. The molecule has 140 valence electrons. The van der Waals surface area contributed by atoms with Crippen LogP contribution < -0.4 is 15.5 Å². The average Bonchev–Trinajstić information content (AvgIpc) is 2.61. The summed E-state index contributed by atoms with van der Waals surface area (Å²) in [6, 6.07) is 7.99. The van der Waals surface area contributed by atoms with Crippen molar-refractivity contribution in [3.63, 3.8) is 0 Å². The number of piperazine rings is 1. The number of nitrogens with zero attached hydrogens (tertiary/aromatic N) is 2. The van der Waals surface area contributed by atoms with Crippen LogP contribution in [0.2, 0.25) is 0 Å². The number of aliphatic carboxylic acids is 1. The van der Waals surface area contributed by atoms with E-state index in [2.05, 4.69) is 15.5 Å². The fourth-order valence-corrected chi connectivity index (χ4v) is 3.34. The third kappa shape index (κ3) is 4.72. The van der Waals surface area contributed by atoms with Gasteiger partial charge in [0.1, 0.15) is 0 Å². The first-order valence-corrected chi connectivity index (χ1v) is 8.88. The van der Waals surface area contributed by atoms with Crippen molar-refractivity contribution < 1.29 is 19.5 Å². The highest BCUT2D eigenvalue weighted by Crippen LogP contribution is 2.22. The summed E-state index contributed by atoms with van der Waals surface area (Å²) in [6.45, 7) is 3.59. The number of nitrogens with one attached hydrogen (secondary N) is 2. The number of carbonyl (C=O) groups excluding carboxylic acids is 2. The Balaban J connectivity index is 1.53. The van der Waals surface area contributed by atoms with Gasteiger partial charge in [-0.2, -0.15) is 0 Å². The molecule has 0 aromatic heterocycles. The Kier molecular flexibility index (Phi) is 5.72. The van der Waals surface area contributed by atoms with Gasteiger partial charge in [0.05, 0.1) is 12.5 Å². The standard InChI is InChI=1S/C18H24N4O4/c23-16-5-4-13(18(26)20-16)11-19-14-2-1-3-15(10-14)22-8-6-21(7-9-22)12-17(24)25/h1-3,10,13,19H,4-9,11-12H2,(H,24,25)(H,20,23,26). The number of hydrogen-bond acceptors (Lipinski definition) is 6. The van der Waals surface area contributed by atoms with Crippen LogP contribution in [0.4, 0.5) is 11.4 Å². The molecule has 2 saturated heterocycles. The molecule has 8 nitrogen and oxygen atoms in total. The molecular formula is C18H24N4O4. The zero-order valence-corrected chi connectivity index (χ0v) is 14.6. The van der Waals surface area contributed by atoms with E-state index >= 15 is 0 Å². The molecule has 1 aromatic carbocycles. The number of amides is 2. The molecule has 0 aliphatic carbocycles. The highest BCUT2D eigenvalue weighted by atomic mass is 16.4. The lowest BCUT2D eigenvalue weighted by Crippen LogP contribution is -2.48. The molecule has 8 heteroatoms. The Morgan fingerprint density at radius 3 is 2.69 bits per heavy atom. The molecule has 2 heterocycles. The summed E-state index contributed by atoms with van der Waals surface area (Å²) >= 11 is 0. The highest BCUT2D eigenvalue weighted by Gasteiger charge is 2.26. The van der Waals surface area contributed by atoms with Crippen LogP contribution in [0.3, 0.4) is 0 Å². The Labute approximate surface area is 152 Å². The fourth-order valence-electron chi connectivity index (χ4n) is 3.34. The SMILES string of the molecule is O=C(O)CN1CCN(c2cccc(NCC3CCC(=O)NC3=O)c2)CC1. The molecule has 2 aliphatic heterocycles. The van der Waals surface area contributed by atoms with Crippen LogP contribution in [-0.4, -0.2) is 67.1 Å². The van der Waals surface area contributed by atoms with E-state index in [0.29, 0.717) is 19.4 Å². The minimum atomic E-state index is -0.793. The number of hydrogen-bond donors (Lipinski definition) is 3. The molecule has 26 heavy (non-hydrogen) atoms. The van der Waals surface area contributed by atoms with Gasteiger partial charge in [-0.3, -0.25) is 24.6 Å². The summed E-state index contributed by atoms with van der Waals surface area (Å²) in [5, 5.41) is 14.5.